The van der Waals surface area contributed by atoms with E-state index >= 15 is 0 Å². The molecule has 0 fully saturated rings. The van der Waals surface area contributed by atoms with E-state index in [0.717, 1.165) is 5.69 Å². The van der Waals surface area contributed by atoms with Crippen molar-refractivity contribution in [2.24, 2.45) is 0 Å². The first-order chi connectivity index (χ1) is 6.36. The van der Waals surface area contributed by atoms with Crippen molar-refractivity contribution in [1.29, 1.82) is 10.5 Å². The van der Waals surface area contributed by atoms with Gasteiger partial charge in [0.15, 0.2) is 0 Å². The monoisotopic (exact) mass is 169 g/mol. The summed E-state index contributed by atoms with van der Waals surface area (Å²) < 4.78 is 0. The summed E-state index contributed by atoms with van der Waals surface area (Å²) in [5.41, 5.74) is 1.47. The van der Waals surface area contributed by atoms with Crippen molar-refractivity contribution in [3.63, 3.8) is 0 Å². The smallest absolute Gasteiger partial charge is 0.0991 e. The SMILES string of the molecule is N#CC=CNc1ccc(C#N)cc1. The summed E-state index contributed by atoms with van der Waals surface area (Å²) in [5, 5.41) is 19.6. The van der Waals surface area contributed by atoms with E-state index in [1.165, 1.54) is 6.08 Å². The van der Waals surface area contributed by atoms with E-state index in [9.17, 15) is 0 Å². The van der Waals surface area contributed by atoms with Gasteiger partial charge in [-0.2, -0.15) is 10.5 Å². The molecule has 1 rings (SSSR count). The quantitative estimate of drug-likeness (QED) is 0.689. The molecule has 3 heteroatoms. The highest BCUT2D eigenvalue weighted by atomic mass is 14.8. The van der Waals surface area contributed by atoms with Crippen molar-refractivity contribution in [1.82, 2.24) is 0 Å². The van der Waals surface area contributed by atoms with Gasteiger partial charge in [-0.1, -0.05) is 0 Å². The van der Waals surface area contributed by atoms with Crippen LogP contribution in [0.15, 0.2) is 36.5 Å². The zero-order valence-corrected chi connectivity index (χ0v) is 6.86. The zero-order chi connectivity index (χ0) is 9.52. The number of benzene rings is 1. The number of nitrogens with one attached hydrogen (secondary N) is 1. The van der Waals surface area contributed by atoms with E-state index in [2.05, 4.69) is 5.32 Å². The van der Waals surface area contributed by atoms with Gasteiger partial charge >= 0.3 is 0 Å². The number of rotatable bonds is 2. The van der Waals surface area contributed by atoms with Gasteiger partial charge in [0.05, 0.1) is 17.7 Å². The molecule has 62 valence electrons. The molecule has 13 heavy (non-hydrogen) atoms. The van der Waals surface area contributed by atoms with Crippen LogP contribution in [0.4, 0.5) is 5.69 Å². The molecule has 0 radical (unpaired) electrons. The molecule has 0 aliphatic heterocycles. The Kier molecular flexibility index (Phi) is 3.11. The van der Waals surface area contributed by atoms with Gasteiger partial charge in [-0.25, -0.2) is 0 Å². The number of hydrogen-bond acceptors (Lipinski definition) is 3. The Labute approximate surface area is 76.5 Å². The van der Waals surface area contributed by atoms with Gasteiger partial charge in [0.1, 0.15) is 0 Å². The van der Waals surface area contributed by atoms with Gasteiger partial charge in [-0.3, -0.25) is 0 Å². The Hall–Kier alpha value is -2.26. The van der Waals surface area contributed by atoms with Gasteiger partial charge in [0.2, 0.25) is 0 Å². The lowest BCUT2D eigenvalue weighted by Gasteiger charge is -1.98. The third-order valence-corrected chi connectivity index (χ3v) is 1.42. The maximum atomic E-state index is 8.52. The first-order valence-corrected chi connectivity index (χ1v) is 3.68. The van der Waals surface area contributed by atoms with Crippen molar-refractivity contribution >= 4 is 5.69 Å². The lowest BCUT2D eigenvalue weighted by molar-refractivity contribution is 1.47. The minimum Gasteiger partial charge on any atom is -0.361 e. The molecule has 1 aromatic rings. The number of nitriles is 2. The summed E-state index contributed by atoms with van der Waals surface area (Å²) in [6.45, 7) is 0. The number of nitrogens with zero attached hydrogens (tertiary/aromatic N) is 2. The van der Waals surface area contributed by atoms with Crippen molar-refractivity contribution < 1.29 is 0 Å². The van der Waals surface area contributed by atoms with Gasteiger partial charge in [0.25, 0.3) is 0 Å². The van der Waals surface area contributed by atoms with Crippen LogP contribution < -0.4 is 5.32 Å². The molecular weight excluding hydrogens is 162 g/mol. The summed E-state index contributed by atoms with van der Waals surface area (Å²) in [4.78, 5) is 0. The number of hydrogen-bond donors (Lipinski definition) is 1. The van der Waals surface area contributed by atoms with Crippen LogP contribution in [0, 0.1) is 22.7 Å². The van der Waals surface area contributed by atoms with Gasteiger partial charge in [-0.05, 0) is 24.3 Å². The minimum absolute atomic E-state index is 0.620. The van der Waals surface area contributed by atoms with E-state index in [1.54, 1.807) is 30.5 Å². The molecule has 0 unspecified atom stereocenters. The lowest BCUT2D eigenvalue weighted by Crippen LogP contribution is -1.86. The topological polar surface area (TPSA) is 59.6 Å². The maximum Gasteiger partial charge on any atom is 0.0991 e. The first kappa shape index (κ1) is 8.83. The summed E-state index contributed by atoms with van der Waals surface area (Å²) in [5.74, 6) is 0. The molecular formula is C10H7N3. The first-order valence-electron chi connectivity index (χ1n) is 3.68. The third-order valence-electron chi connectivity index (χ3n) is 1.42. The summed E-state index contributed by atoms with van der Waals surface area (Å²) >= 11 is 0. The normalized spacial score (nSPS) is 9.08. The molecule has 0 aliphatic rings. The average Bonchev–Trinajstić information content (AvgIpc) is 2.19. The van der Waals surface area contributed by atoms with Crippen molar-refractivity contribution in [2.75, 3.05) is 5.32 Å². The molecule has 1 aromatic carbocycles. The van der Waals surface area contributed by atoms with Crippen LogP contribution in [0.1, 0.15) is 5.56 Å². The molecule has 0 atom stereocenters. The molecule has 0 bridgehead atoms. The van der Waals surface area contributed by atoms with Crippen LogP contribution in [0.2, 0.25) is 0 Å². The molecule has 0 aromatic heterocycles. The summed E-state index contributed by atoms with van der Waals surface area (Å²) in [7, 11) is 0. The molecule has 0 aliphatic carbocycles. The Morgan fingerprint density at radius 3 is 2.38 bits per heavy atom. The zero-order valence-electron chi connectivity index (χ0n) is 6.86. The Morgan fingerprint density at radius 2 is 1.85 bits per heavy atom. The fourth-order valence-corrected chi connectivity index (χ4v) is 0.816. The van der Waals surface area contributed by atoms with Crippen LogP contribution in [-0.2, 0) is 0 Å². The minimum atomic E-state index is 0.620. The average molecular weight is 169 g/mol. The van der Waals surface area contributed by atoms with Crippen molar-refractivity contribution in [3.8, 4) is 12.1 Å². The molecule has 0 saturated carbocycles. The second-order valence-corrected chi connectivity index (χ2v) is 2.30. The molecule has 0 saturated heterocycles. The van der Waals surface area contributed by atoms with E-state index < -0.39 is 0 Å². The van der Waals surface area contributed by atoms with E-state index in [0.29, 0.717) is 5.56 Å². The molecule has 0 spiro atoms. The second kappa shape index (κ2) is 4.58. The second-order valence-electron chi connectivity index (χ2n) is 2.30. The van der Waals surface area contributed by atoms with E-state index in [4.69, 9.17) is 10.5 Å². The molecule has 1 N–H and O–H groups in total. The summed E-state index contributed by atoms with van der Waals surface area (Å²) in [6.07, 6.45) is 2.89. The standard InChI is InChI=1S/C10H7N3/c11-6-1-7-13-10-4-2-9(8-12)3-5-10/h1-5,7,13H. The lowest BCUT2D eigenvalue weighted by atomic mass is 10.2. The van der Waals surface area contributed by atoms with Crippen LogP contribution in [0.3, 0.4) is 0 Å². The predicted octanol–water partition coefficient (Wildman–Crippen LogP) is 2.01. The fraction of sp³-hybridized carbons (Fsp3) is 0. The van der Waals surface area contributed by atoms with Crippen LogP contribution in [-0.4, -0.2) is 0 Å². The Bertz CT molecular complexity index is 376. The third kappa shape index (κ3) is 2.69. The van der Waals surface area contributed by atoms with Gasteiger partial charge < -0.3 is 5.32 Å². The van der Waals surface area contributed by atoms with Crippen molar-refractivity contribution in [2.45, 2.75) is 0 Å². The molecule has 0 heterocycles. The predicted molar refractivity (Wildman–Crippen MR) is 49.5 cm³/mol. The van der Waals surface area contributed by atoms with Crippen molar-refractivity contribution in [3.05, 3.63) is 42.1 Å². The molecule has 0 amide bonds. The molecule has 3 nitrogen and oxygen atoms in total. The fourth-order valence-electron chi connectivity index (χ4n) is 0.816. The highest BCUT2D eigenvalue weighted by Crippen LogP contribution is 2.08. The maximum absolute atomic E-state index is 8.52. The highest BCUT2D eigenvalue weighted by molar-refractivity contribution is 5.49. The van der Waals surface area contributed by atoms with Gasteiger partial charge in [-0.15, -0.1) is 0 Å². The summed E-state index contributed by atoms with van der Waals surface area (Å²) in [6, 6.07) is 10.9. The van der Waals surface area contributed by atoms with Crippen LogP contribution >= 0.6 is 0 Å². The van der Waals surface area contributed by atoms with Crippen LogP contribution in [0.5, 0.6) is 0 Å². The number of allylic oxidation sites excluding steroid dienone is 1. The van der Waals surface area contributed by atoms with Gasteiger partial charge in [0, 0.05) is 18.0 Å². The van der Waals surface area contributed by atoms with Crippen LogP contribution in [0.25, 0.3) is 0 Å². The van der Waals surface area contributed by atoms with E-state index in [1.807, 2.05) is 12.1 Å². The largest absolute Gasteiger partial charge is 0.361 e. The van der Waals surface area contributed by atoms with E-state index in [-0.39, 0.29) is 0 Å². The Morgan fingerprint density at radius 1 is 1.15 bits per heavy atom. The highest BCUT2D eigenvalue weighted by Gasteiger charge is 1.89. The number of anilines is 1. The Balaban J connectivity index is 2.67.